The van der Waals surface area contributed by atoms with Crippen LogP contribution >= 0.6 is 0 Å². The van der Waals surface area contributed by atoms with Gasteiger partial charge in [0.1, 0.15) is 0 Å². The first kappa shape index (κ1) is 37.7. The third-order valence-electron chi connectivity index (χ3n) is 14.3. The molecule has 59 heavy (non-hydrogen) atoms. The quantitative estimate of drug-likeness (QED) is 0.122. The molecule has 0 unspecified atom stereocenters. The highest BCUT2D eigenvalue weighted by molar-refractivity contribution is 6.73. The van der Waals surface area contributed by atoms with Crippen LogP contribution in [0.1, 0.15) is 108 Å². The number of hydrogen-bond donors (Lipinski definition) is 1. The molecule has 0 amide bonds. The summed E-state index contributed by atoms with van der Waals surface area (Å²) in [5.41, 5.74) is 21.6. The van der Waals surface area contributed by atoms with E-state index in [9.17, 15) is 0 Å². The Morgan fingerprint density at radius 1 is 0.576 bits per heavy atom. The van der Waals surface area contributed by atoms with Crippen LogP contribution in [-0.2, 0) is 22.7 Å². The van der Waals surface area contributed by atoms with Gasteiger partial charge < -0.3 is 10.2 Å². The molecular formula is C56H57BN2. The van der Waals surface area contributed by atoms with Gasteiger partial charge in [0.2, 0.25) is 0 Å². The van der Waals surface area contributed by atoms with Crippen LogP contribution in [0.25, 0.3) is 33.0 Å². The maximum Gasteiger partial charge on any atom is 0.198 e. The van der Waals surface area contributed by atoms with Crippen LogP contribution < -0.4 is 21.1 Å². The SMILES string of the molecule is CCCCCc1cc(-c2cc3c(cc2Nc2ccc(-c4ccccc4)cc2)C(C)(C)CCC3(C)C)c2c(c1)N1c3cc4ccccc4cc3C(C)(C)c3cccc(c31)B2. The molecule has 0 spiro atoms. The van der Waals surface area contributed by atoms with Crippen molar-refractivity contribution in [2.75, 3.05) is 10.2 Å². The van der Waals surface area contributed by atoms with Crippen molar-refractivity contribution in [2.45, 2.75) is 103 Å². The number of benzene rings is 7. The van der Waals surface area contributed by atoms with E-state index < -0.39 is 0 Å². The van der Waals surface area contributed by atoms with Crippen LogP contribution in [0.15, 0.2) is 133 Å². The summed E-state index contributed by atoms with van der Waals surface area (Å²) >= 11 is 0. The minimum atomic E-state index is -0.135. The van der Waals surface area contributed by atoms with E-state index in [4.69, 9.17) is 0 Å². The fourth-order valence-electron chi connectivity index (χ4n) is 10.7. The molecule has 0 fully saturated rings. The summed E-state index contributed by atoms with van der Waals surface area (Å²) in [4.78, 5) is 2.67. The van der Waals surface area contributed by atoms with E-state index in [-0.39, 0.29) is 16.2 Å². The van der Waals surface area contributed by atoms with Gasteiger partial charge in [0.25, 0.3) is 0 Å². The van der Waals surface area contributed by atoms with Crippen molar-refractivity contribution >= 4 is 57.4 Å². The number of nitrogens with one attached hydrogen (secondary N) is 1. The molecule has 7 aromatic rings. The molecule has 1 aliphatic carbocycles. The summed E-state index contributed by atoms with van der Waals surface area (Å²) in [5.74, 6) is 0. The van der Waals surface area contributed by atoms with Gasteiger partial charge in [0.15, 0.2) is 7.28 Å². The topological polar surface area (TPSA) is 15.3 Å². The molecule has 0 atom stereocenters. The van der Waals surface area contributed by atoms with Gasteiger partial charge in [-0.15, -0.1) is 0 Å². The summed E-state index contributed by atoms with van der Waals surface area (Å²) in [6.07, 6.45) is 7.07. The van der Waals surface area contributed by atoms with Gasteiger partial charge in [-0.3, -0.25) is 0 Å². The summed E-state index contributed by atoms with van der Waals surface area (Å²) in [7, 11) is 0.899. The van der Waals surface area contributed by atoms with Crippen molar-refractivity contribution in [1.82, 2.24) is 0 Å². The average Bonchev–Trinajstić information content (AvgIpc) is 3.24. The van der Waals surface area contributed by atoms with Crippen LogP contribution in [0, 0.1) is 0 Å². The Morgan fingerprint density at radius 2 is 1.25 bits per heavy atom. The largest absolute Gasteiger partial charge is 0.355 e. The third-order valence-corrected chi connectivity index (χ3v) is 14.3. The number of anilines is 5. The van der Waals surface area contributed by atoms with Gasteiger partial charge in [-0.05, 0) is 140 Å². The van der Waals surface area contributed by atoms with E-state index in [0.717, 1.165) is 19.4 Å². The van der Waals surface area contributed by atoms with Gasteiger partial charge in [0.05, 0.1) is 5.69 Å². The van der Waals surface area contributed by atoms with Crippen LogP contribution in [0.2, 0.25) is 0 Å². The zero-order chi connectivity index (χ0) is 40.7. The summed E-state index contributed by atoms with van der Waals surface area (Å²) in [5, 5.41) is 6.63. The molecule has 1 N–H and O–H groups in total. The maximum absolute atomic E-state index is 4.04. The number of nitrogens with zero attached hydrogens (tertiary/aromatic N) is 1. The second-order valence-electron chi connectivity index (χ2n) is 19.5. The molecule has 2 aliphatic heterocycles. The highest BCUT2D eigenvalue weighted by atomic mass is 15.2. The molecule has 0 radical (unpaired) electrons. The minimum Gasteiger partial charge on any atom is -0.355 e. The summed E-state index contributed by atoms with van der Waals surface area (Å²) < 4.78 is 0. The Morgan fingerprint density at radius 3 is 1.98 bits per heavy atom. The first-order valence-corrected chi connectivity index (χ1v) is 22.2. The van der Waals surface area contributed by atoms with E-state index in [2.05, 4.69) is 192 Å². The normalized spacial score (nSPS) is 16.4. The molecule has 3 aliphatic rings. The summed E-state index contributed by atoms with van der Waals surface area (Å²) in [6, 6.07) is 50.9. The first-order chi connectivity index (χ1) is 28.4. The lowest BCUT2D eigenvalue weighted by molar-refractivity contribution is 0.332. The monoisotopic (exact) mass is 768 g/mol. The van der Waals surface area contributed by atoms with E-state index in [1.54, 1.807) is 0 Å². The number of unbranched alkanes of at least 4 members (excludes halogenated alkanes) is 2. The lowest BCUT2D eigenvalue weighted by atomic mass is 9.55. The van der Waals surface area contributed by atoms with Gasteiger partial charge in [-0.25, -0.2) is 0 Å². The van der Waals surface area contributed by atoms with Gasteiger partial charge in [-0.1, -0.05) is 158 Å². The molecule has 7 aromatic carbocycles. The Labute approximate surface area is 353 Å². The summed E-state index contributed by atoms with van der Waals surface area (Å²) in [6.45, 7) is 17.0. The Balaban J connectivity index is 1.22. The Kier molecular flexibility index (Phi) is 8.98. The van der Waals surface area contributed by atoms with Gasteiger partial charge in [-0.2, -0.15) is 0 Å². The van der Waals surface area contributed by atoms with Crippen LogP contribution in [0.5, 0.6) is 0 Å². The molecule has 0 saturated heterocycles. The zero-order valence-corrected chi connectivity index (χ0v) is 36.1. The predicted octanol–water partition coefficient (Wildman–Crippen LogP) is 13.8. The number of hydrogen-bond acceptors (Lipinski definition) is 2. The van der Waals surface area contributed by atoms with Crippen LogP contribution in [0.3, 0.4) is 0 Å². The van der Waals surface area contributed by atoms with Crippen molar-refractivity contribution in [2.24, 2.45) is 0 Å². The van der Waals surface area contributed by atoms with Crippen LogP contribution in [-0.4, -0.2) is 7.28 Å². The lowest BCUT2D eigenvalue weighted by Gasteiger charge is -2.46. The van der Waals surface area contributed by atoms with Gasteiger partial charge >= 0.3 is 0 Å². The smallest absolute Gasteiger partial charge is 0.198 e. The molecule has 294 valence electrons. The first-order valence-electron chi connectivity index (χ1n) is 22.2. The molecule has 0 saturated carbocycles. The van der Waals surface area contributed by atoms with Crippen molar-refractivity contribution in [3.63, 3.8) is 0 Å². The fraction of sp³-hybridized carbons (Fsp3) is 0.286. The maximum atomic E-state index is 4.04. The highest BCUT2D eigenvalue weighted by Gasteiger charge is 2.42. The second-order valence-corrected chi connectivity index (χ2v) is 19.5. The number of rotatable bonds is 8. The number of para-hydroxylation sites is 1. The van der Waals surface area contributed by atoms with Crippen LogP contribution in [0.4, 0.5) is 28.4 Å². The average molecular weight is 769 g/mol. The highest BCUT2D eigenvalue weighted by Crippen LogP contribution is 2.54. The second kappa shape index (κ2) is 14.0. The van der Waals surface area contributed by atoms with E-state index >= 15 is 0 Å². The Bertz CT molecular complexity index is 2760. The zero-order valence-electron chi connectivity index (χ0n) is 36.1. The minimum absolute atomic E-state index is 0.0776. The van der Waals surface area contributed by atoms with Crippen molar-refractivity contribution in [3.8, 4) is 22.3 Å². The predicted molar refractivity (Wildman–Crippen MR) is 256 cm³/mol. The third kappa shape index (κ3) is 6.31. The Hall–Kier alpha value is -5.54. The number of aryl methyl sites for hydroxylation is 1. The molecule has 3 heteroatoms. The molecule has 2 nitrogen and oxygen atoms in total. The molecule has 0 bridgehead atoms. The number of fused-ring (bicyclic) bond motifs is 6. The van der Waals surface area contributed by atoms with E-state index in [1.165, 1.54) is 127 Å². The van der Waals surface area contributed by atoms with Crippen molar-refractivity contribution < 1.29 is 0 Å². The van der Waals surface area contributed by atoms with Crippen molar-refractivity contribution in [1.29, 1.82) is 0 Å². The van der Waals surface area contributed by atoms with E-state index in [0.29, 0.717) is 0 Å². The molecular weight excluding hydrogens is 711 g/mol. The molecule has 0 aromatic heterocycles. The van der Waals surface area contributed by atoms with E-state index in [1.807, 2.05) is 0 Å². The lowest BCUT2D eigenvalue weighted by Crippen LogP contribution is -2.45. The standard InChI is InChI=1S/C56H57BN2/c1-8-9-11-17-36-30-43(52-51(31-36)59-50-33-40-21-15-14-20-39(40)32-47(50)56(6,7)44-22-16-23-48(57-52)53(44)59)42-34-45-46(55(4,5)29-28-54(45,2)3)35-49(42)58-41-26-24-38(25-27-41)37-18-12-10-13-19-37/h10,12-16,18-27,30-35,57-58H,8-9,11,17,28-29H2,1-7H3. The van der Waals surface area contributed by atoms with Crippen molar-refractivity contribution in [3.05, 3.63) is 161 Å². The molecule has 10 rings (SSSR count). The fourth-order valence-corrected chi connectivity index (χ4v) is 10.7. The van der Waals surface area contributed by atoms with Gasteiger partial charge in [0, 0.05) is 33.7 Å². The molecule has 2 heterocycles.